The van der Waals surface area contributed by atoms with Crippen LogP contribution in [0.4, 0.5) is 0 Å². The van der Waals surface area contributed by atoms with Gasteiger partial charge in [-0.25, -0.2) is 0 Å². The number of carbonyl (C=O) groups is 1. The van der Waals surface area contributed by atoms with Crippen LogP contribution < -0.4 is 0 Å². The van der Waals surface area contributed by atoms with E-state index >= 15 is 0 Å². The molecule has 0 aliphatic carbocycles. The van der Waals surface area contributed by atoms with Crippen molar-refractivity contribution in [2.75, 3.05) is 13.1 Å². The Morgan fingerprint density at radius 3 is 2.82 bits per heavy atom. The summed E-state index contributed by atoms with van der Waals surface area (Å²) in [7, 11) is 0. The second-order valence-electron chi connectivity index (χ2n) is 4.52. The SMILES string of the molecule is CC1=CCCN(C(=O)c2cccc(O)c2C)C1. The average Bonchev–Trinajstić information content (AvgIpc) is 2.32. The maximum atomic E-state index is 12.3. The van der Waals surface area contributed by atoms with Crippen molar-refractivity contribution in [2.24, 2.45) is 0 Å². The number of aromatic hydroxyl groups is 1. The van der Waals surface area contributed by atoms with Crippen LogP contribution in [0.2, 0.25) is 0 Å². The van der Waals surface area contributed by atoms with Gasteiger partial charge in [0, 0.05) is 24.2 Å². The predicted octanol–water partition coefficient (Wildman–Crippen LogP) is 2.49. The quantitative estimate of drug-likeness (QED) is 0.754. The van der Waals surface area contributed by atoms with Gasteiger partial charge in [0.25, 0.3) is 5.91 Å². The zero-order valence-corrected chi connectivity index (χ0v) is 10.2. The molecule has 3 heteroatoms. The van der Waals surface area contributed by atoms with Crippen molar-refractivity contribution in [3.05, 3.63) is 41.0 Å². The Kier molecular flexibility index (Phi) is 3.18. The largest absolute Gasteiger partial charge is 0.508 e. The van der Waals surface area contributed by atoms with Gasteiger partial charge < -0.3 is 10.0 Å². The summed E-state index contributed by atoms with van der Waals surface area (Å²) < 4.78 is 0. The van der Waals surface area contributed by atoms with Gasteiger partial charge in [-0.15, -0.1) is 0 Å². The number of carbonyl (C=O) groups excluding carboxylic acids is 1. The van der Waals surface area contributed by atoms with Crippen LogP contribution in [-0.2, 0) is 0 Å². The lowest BCUT2D eigenvalue weighted by Gasteiger charge is -2.26. The molecule has 0 aromatic heterocycles. The number of benzene rings is 1. The molecule has 1 heterocycles. The highest BCUT2D eigenvalue weighted by Gasteiger charge is 2.20. The minimum atomic E-state index is 0.00542. The van der Waals surface area contributed by atoms with Crippen LogP contribution in [0.25, 0.3) is 0 Å². The van der Waals surface area contributed by atoms with E-state index in [1.165, 1.54) is 5.57 Å². The van der Waals surface area contributed by atoms with Gasteiger partial charge in [0.15, 0.2) is 0 Å². The molecule has 1 aliphatic rings. The van der Waals surface area contributed by atoms with E-state index in [-0.39, 0.29) is 11.7 Å². The molecule has 0 fully saturated rings. The van der Waals surface area contributed by atoms with Crippen LogP contribution in [0.5, 0.6) is 5.75 Å². The number of phenols is 1. The molecule has 17 heavy (non-hydrogen) atoms. The maximum Gasteiger partial charge on any atom is 0.254 e. The molecule has 3 nitrogen and oxygen atoms in total. The lowest BCUT2D eigenvalue weighted by molar-refractivity contribution is 0.0765. The van der Waals surface area contributed by atoms with Crippen molar-refractivity contribution >= 4 is 5.91 Å². The number of amides is 1. The number of nitrogens with zero attached hydrogens (tertiary/aromatic N) is 1. The van der Waals surface area contributed by atoms with Gasteiger partial charge in [-0.05, 0) is 32.4 Å². The van der Waals surface area contributed by atoms with Crippen molar-refractivity contribution in [3.8, 4) is 5.75 Å². The summed E-state index contributed by atoms with van der Waals surface area (Å²) in [4.78, 5) is 14.1. The standard InChI is InChI=1S/C14H17NO2/c1-10-5-4-8-15(9-10)14(17)12-6-3-7-13(16)11(12)2/h3,5-7,16H,4,8-9H2,1-2H3. The average molecular weight is 231 g/mol. The molecule has 0 spiro atoms. The third-order valence-corrected chi connectivity index (χ3v) is 3.15. The summed E-state index contributed by atoms with van der Waals surface area (Å²) in [6.45, 7) is 5.25. The second-order valence-corrected chi connectivity index (χ2v) is 4.52. The molecule has 0 saturated heterocycles. The van der Waals surface area contributed by atoms with E-state index in [4.69, 9.17) is 0 Å². The predicted molar refractivity (Wildman–Crippen MR) is 67.1 cm³/mol. The summed E-state index contributed by atoms with van der Waals surface area (Å²) in [5, 5.41) is 9.62. The van der Waals surface area contributed by atoms with Crippen molar-refractivity contribution in [1.29, 1.82) is 0 Å². The van der Waals surface area contributed by atoms with Crippen molar-refractivity contribution in [2.45, 2.75) is 20.3 Å². The van der Waals surface area contributed by atoms with Gasteiger partial charge in [-0.2, -0.15) is 0 Å². The first-order valence-corrected chi connectivity index (χ1v) is 5.83. The molecule has 0 bridgehead atoms. The molecule has 0 unspecified atom stereocenters. The molecule has 0 atom stereocenters. The number of rotatable bonds is 1. The topological polar surface area (TPSA) is 40.5 Å². The van der Waals surface area contributed by atoms with Crippen LogP contribution in [0.1, 0.15) is 29.3 Å². The van der Waals surface area contributed by atoms with E-state index in [1.807, 2.05) is 11.8 Å². The van der Waals surface area contributed by atoms with Crippen LogP contribution >= 0.6 is 0 Å². The van der Waals surface area contributed by atoms with E-state index in [0.29, 0.717) is 17.7 Å². The van der Waals surface area contributed by atoms with Gasteiger partial charge in [0.2, 0.25) is 0 Å². The van der Waals surface area contributed by atoms with Crippen molar-refractivity contribution < 1.29 is 9.90 Å². The smallest absolute Gasteiger partial charge is 0.254 e. The molecular weight excluding hydrogens is 214 g/mol. The third-order valence-electron chi connectivity index (χ3n) is 3.15. The maximum absolute atomic E-state index is 12.3. The highest BCUT2D eigenvalue weighted by molar-refractivity contribution is 5.96. The Bertz CT molecular complexity index is 477. The first-order chi connectivity index (χ1) is 8.09. The van der Waals surface area contributed by atoms with Crippen LogP contribution in [0, 0.1) is 6.92 Å². The van der Waals surface area contributed by atoms with Crippen molar-refractivity contribution in [1.82, 2.24) is 4.90 Å². The normalized spacial score (nSPS) is 15.6. The lowest BCUT2D eigenvalue weighted by Crippen LogP contribution is -2.35. The number of phenolic OH excluding ortho intramolecular Hbond substituents is 1. The van der Waals surface area contributed by atoms with E-state index in [9.17, 15) is 9.90 Å². The molecule has 1 aromatic rings. The van der Waals surface area contributed by atoms with E-state index < -0.39 is 0 Å². The molecule has 0 radical (unpaired) electrons. The fourth-order valence-electron chi connectivity index (χ4n) is 2.11. The summed E-state index contributed by atoms with van der Waals surface area (Å²) in [6, 6.07) is 5.08. The Morgan fingerprint density at radius 2 is 2.12 bits per heavy atom. The first-order valence-electron chi connectivity index (χ1n) is 5.83. The fraction of sp³-hybridized carbons (Fsp3) is 0.357. The van der Waals surface area contributed by atoms with Crippen LogP contribution in [-0.4, -0.2) is 29.0 Å². The van der Waals surface area contributed by atoms with Gasteiger partial charge >= 0.3 is 0 Å². The lowest BCUT2D eigenvalue weighted by atomic mass is 10.0. The number of hydrogen-bond acceptors (Lipinski definition) is 2. The Balaban J connectivity index is 2.26. The summed E-state index contributed by atoms with van der Waals surface area (Å²) in [5.41, 5.74) is 2.48. The van der Waals surface area contributed by atoms with Gasteiger partial charge in [0.05, 0.1) is 0 Å². The van der Waals surface area contributed by atoms with E-state index in [0.717, 1.165) is 13.0 Å². The highest BCUT2D eigenvalue weighted by atomic mass is 16.3. The van der Waals surface area contributed by atoms with Crippen LogP contribution in [0.3, 0.4) is 0 Å². The monoisotopic (exact) mass is 231 g/mol. The van der Waals surface area contributed by atoms with Crippen molar-refractivity contribution in [3.63, 3.8) is 0 Å². The number of hydrogen-bond donors (Lipinski definition) is 1. The summed E-state index contributed by atoms with van der Waals surface area (Å²) in [5.74, 6) is 0.186. The molecule has 90 valence electrons. The Labute approximate surface area is 101 Å². The fourth-order valence-corrected chi connectivity index (χ4v) is 2.11. The highest BCUT2D eigenvalue weighted by Crippen LogP contribution is 2.22. The molecule has 0 saturated carbocycles. The second kappa shape index (κ2) is 4.62. The minimum Gasteiger partial charge on any atom is -0.508 e. The van der Waals surface area contributed by atoms with Gasteiger partial charge in [-0.3, -0.25) is 4.79 Å². The molecule has 1 aromatic carbocycles. The molecule has 2 rings (SSSR count). The third kappa shape index (κ3) is 2.33. The first kappa shape index (κ1) is 11.7. The zero-order chi connectivity index (χ0) is 12.4. The zero-order valence-electron chi connectivity index (χ0n) is 10.2. The Morgan fingerprint density at radius 1 is 1.35 bits per heavy atom. The van der Waals surface area contributed by atoms with E-state index in [2.05, 4.69) is 6.08 Å². The van der Waals surface area contributed by atoms with Gasteiger partial charge in [0.1, 0.15) is 5.75 Å². The summed E-state index contributed by atoms with van der Waals surface area (Å²) in [6.07, 6.45) is 3.08. The van der Waals surface area contributed by atoms with Gasteiger partial charge in [-0.1, -0.05) is 17.7 Å². The molecule has 1 amide bonds. The van der Waals surface area contributed by atoms with E-state index in [1.54, 1.807) is 25.1 Å². The molecule has 1 N–H and O–H groups in total. The minimum absolute atomic E-state index is 0.00542. The Hall–Kier alpha value is -1.77. The molecular formula is C14H17NO2. The summed E-state index contributed by atoms with van der Waals surface area (Å²) >= 11 is 0. The van der Waals surface area contributed by atoms with Crippen LogP contribution in [0.15, 0.2) is 29.8 Å². The molecule has 1 aliphatic heterocycles.